The molecular weight excluding hydrogens is 246 g/mol. The number of hydrogen-bond donors (Lipinski definition) is 2. The van der Waals surface area contributed by atoms with Gasteiger partial charge in [0.15, 0.2) is 0 Å². The highest BCUT2D eigenvalue weighted by molar-refractivity contribution is 7.80. The molecule has 18 heavy (non-hydrogen) atoms. The average Bonchev–Trinajstić information content (AvgIpc) is 2.32. The second-order valence-electron chi connectivity index (χ2n) is 4.85. The normalized spacial score (nSPS) is 18.3. The lowest BCUT2D eigenvalue weighted by Gasteiger charge is -2.43. The Labute approximate surface area is 112 Å². The maximum atomic E-state index is 12.0. The molecule has 0 radical (unpaired) electrons. The molecular formula is C13H17N3OS. The van der Waals surface area contributed by atoms with Gasteiger partial charge in [0.25, 0.3) is 0 Å². The van der Waals surface area contributed by atoms with Crippen molar-refractivity contribution in [1.82, 2.24) is 5.32 Å². The van der Waals surface area contributed by atoms with E-state index in [1.165, 1.54) is 0 Å². The molecule has 1 amide bonds. The summed E-state index contributed by atoms with van der Waals surface area (Å²) in [4.78, 5) is 14.4. The first-order valence-corrected chi connectivity index (χ1v) is 6.30. The van der Waals surface area contributed by atoms with E-state index >= 15 is 0 Å². The second kappa shape index (κ2) is 4.57. The summed E-state index contributed by atoms with van der Waals surface area (Å²) < 4.78 is 0. The van der Waals surface area contributed by atoms with Gasteiger partial charge in [0.1, 0.15) is 10.5 Å². The molecule has 1 aromatic carbocycles. The molecule has 0 aliphatic carbocycles. The molecule has 4 nitrogen and oxygen atoms in total. The van der Waals surface area contributed by atoms with E-state index in [-0.39, 0.29) is 5.91 Å². The van der Waals surface area contributed by atoms with Crippen molar-refractivity contribution < 1.29 is 4.79 Å². The van der Waals surface area contributed by atoms with Gasteiger partial charge in [0, 0.05) is 24.3 Å². The molecule has 0 saturated carbocycles. The first-order valence-electron chi connectivity index (χ1n) is 5.89. The van der Waals surface area contributed by atoms with E-state index in [2.05, 4.69) is 10.2 Å². The van der Waals surface area contributed by atoms with E-state index < -0.39 is 5.54 Å². The van der Waals surface area contributed by atoms with Gasteiger partial charge in [0.05, 0.1) is 0 Å². The largest absolute Gasteiger partial charge is 0.389 e. The van der Waals surface area contributed by atoms with Gasteiger partial charge in [-0.05, 0) is 26.0 Å². The minimum atomic E-state index is -0.598. The summed E-state index contributed by atoms with van der Waals surface area (Å²) in [5.74, 6) is 0.0199. The fourth-order valence-electron chi connectivity index (χ4n) is 2.24. The lowest BCUT2D eigenvalue weighted by molar-refractivity contribution is -0.126. The van der Waals surface area contributed by atoms with E-state index in [0.717, 1.165) is 17.8 Å². The highest BCUT2D eigenvalue weighted by atomic mass is 32.1. The fourth-order valence-corrected chi connectivity index (χ4v) is 2.41. The number of benzene rings is 1. The molecule has 3 N–H and O–H groups in total. The van der Waals surface area contributed by atoms with Crippen LogP contribution in [0.4, 0.5) is 5.69 Å². The van der Waals surface area contributed by atoms with Crippen LogP contribution in [0.1, 0.15) is 19.4 Å². The summed E-state index contributed by atoms with van der Waals surface area (Å²) in [5.41, 5.74) is 6.89. The van der Waals surface area contributed by atoms with Crippen molar-refractivity contribution in [2.45, 2.75) is 19.4 Å². The molecule has 96 valence electrons. The molecule has 0 atom stereocenters. The van der Waals surface area contributed by atoms with Gasteiger partial charge in [-0.15, -0.1) is 0 Å². The van der Waals surface area contributed by atoms with Crippen LogP contribution in [0.5, 0.6) is 0 Å². The van der Waals surface area contributed by atoms with Gasteiger partial charge in [-0.2, -0.15) is 0 Å². The van der Waals surface area contributed by atoms with Crippen molar-refractivity contribution in [2.24, 2.45) is 5.73 Å². The van der Waals surface area contributed by atoms with Gasteiger partial charge >= 0.3 is 0 Å². The number of amides is 1. The van der Waals surface area contributed by atoms with Gasteiger partial charge in [-0.25, -0.2) is 0 Å². The molecule has 1 aromatic rings. The maximum Gasteiger partial charge on any atom is 0.245 e. The van der Waals surface area contributed by atoms with Crippen LogP contribution in [0.2, 0.25) is 0 Å². The topological polar surface area (TPSA) is 58.4 Å². The van der Waals surface area contributed by atoms with Gasteiger partial charge < -0.3 is 16.0 Å². The zero-order chi connectivity index (χ0) is 13.3. The number of rotatable bonds is 2. The van der Waals surface area contributed by atoms with Crippen LogP contribution in [0.3, 0.4) is 0 Å². The molecule has 0 aromatic heterocycles. The Bertz CT molecular complexity index is 499. The number of nitrogens with one attached hydrogen (secondary N) is 1. The first kappa shape index (κ1) is 12.8. The SMILES string of the molecule is CC1(C)C(=O)NCCN1c1ccccc1C(N)=S. The number of piperazine rings is 1. The van der Waals surface area contributed by atoms with Crippen molar-refractivity contribution >= 4 is 28.8 Å². The number of thiocarbonyl (C=S) groups is 1. The smallest absolute Gasteiger partial charge is 0.245 e. The number of hydrogen-bond acceptors (Lipinski definition) is 3. The van der Waals surface area contributed by atoms with E-state index in [4.69, 9.17) is 18.0 Å². The van der Waals surface area contributed by atoms with Gasteiger partial charge in [-0.1, -0.05) is 24.4 Å². The van der Waals surface area contributed by atoms with E-state index in [9.17, 15) is 4.79 Å². The number of carbonyl (C=O) groups excluding carboxylic acids is 1. The Kier molecular flexibility index (Phi) is 3.26. The highest BCUT2D eigenvalue weighted by Crippen LogP contribution is 2.29. The Hall–Kier alpha value is -1.62. The maximum absolute atomic E-state index is 12.0. The molecule has 2 rings (SSSR count). The second-order valence-corrected chi connectivity index (χ2v) is 5.29. The van der Waals surface area contributed by atoms with Crippen LogP contribution in [0.15, 0.2) is 24.3 Å². The number of nitrogens with two attached hydrogens (primary N) is 1. The predicted octanol–water partition coefficient (Wildman–Crippen LogP) is 1.04. The Morgan fingerprint density at radius 2 is 2.11 bits per heavy atom. The molecule has 1 heterocycles. The number of anilines is 1. The molecule has 5 heteroatoms. The Balaban J connectivity index is 2.48. The van der Waals surface area contributed by atoms with E-state index in [0.29, 0.717) is 11.5 Å². The van der Waals surface area contributed by atoms with Gasteiger partial charge in [0.2, 0.25) is 5.91 Å². The van der Waals surface area contributed by atoms with Crippen LogP contribution in [-0.4, -0.2) is 29.5 Å². The third-order valence-corrected chi connectivity index (χ3v) is 3.53. The Morgan fingerprint density at radius 3 is 2.78 bits per heavy atom. The molecule has 1 fully saturated rings. The van der Waals surface area contributed by atoms with Crippen LogP contribution < -0.4 is 16.0 Å². The number of carbonyl (C=O) groups is 1. The molecule has 0 bridgehead atoms. The van der Waals surface area contributed by atoms with Crippen LogP contribution >= 0.6 is 12.2 Å². The first-order chi connectivity index (χ1) is 8.44. The quantitative estimate of drug-likeness (QED) is 0.783. The average molecular weight is 263 g/mol. The van der Waals surface area contributed by atoms with Crippen molar-refractivity contribution in [3.8, 4) is 0 Å². The zero-order valence-electron chi connectivity index (χ0n) is 10.6. The summed E-state index contributed by atoms with van der Waals surface area (Å²) in [6, 6.07) is 7.67. The van der Waals surface area contributed by atoms with Crippen molar-refractivity contribution in [3.63, 3.8) is 0 Å². The van der Waals surface area contributed by atoms with Crippen LogP contribution in [0.25, 0.3) is 0 Å². The molecule has 1 saturated heterocycles. The molecule has 1 aliphatic rings. The minimum Gasteiger partial charge on any atom is -0.389 e. The third kappa shape index (κ3) is 2.06. The lowest BCUT2D eigenvalue weighted by Crippen LogP contribution is -2.62. The summed E-state index contributed by atoms with van der Waals surface area (Å²) >= 11 is 5.07. The zero-order valence-corrected chi connectivity index (χ0v) is 11.4. The van der Waals surface area contributed by atoms with E-state index in [1.54, 1.807) is 0 Å². The third-order valence-electron chi connectivity index (χ3n) is 3.31. The standard InChI is InChI=1S/C13H17N3OS/c1-13(2)12(17)15-7-8-16(13)10-6-4-3-5-9(10)11(14)18/h3-6H,7-8H2,1-2H3,(H2,14,18)(H,15,17). The summed E-state index contributed by atoms with van der Waals surface area (Å²) in [7, 11) is 0. The summed E-state index contributed by atoms with van der Waals surface area (Å²) in [6.07, 6.45) is 0. The number of para-hydroxylation sites is 1. The van der Waals surface area contributed by atoms with Gasteiger partial charge in [-0.3, -0.25) is 4.79 Å². The minimum absolute atomic E-state index is 0.0199. The summed E-state index contributed by atoms with van der Waals surface area (Å²) in [6.45, 7) is 5.18. The van der Waals surface area contributed by atoms with Crippen molar-refractivity contribution in [2.75, 3.05) is 18.0 Å². The van der Waals surface area contributed by atoms with Crippen LogP contribution in [0, 0.1) is 0 Å². The highest BCUT2D eigenvalue weighted by Gasteiger charge is 2.38. The monoisotopic (exact) mass is 263 g/mol. The fraction of sp³-hybridized carbons (Fsp3) is 0.385. The van der Waals surface area contributed by atoms with Crippen molar-refractivity contribution in [3.05, 3.63) is 29.8 Å². The summed E-state index contributed by atoms with van der Waals surface area (Å²) in [5, 5.41) is 2.88. The van der Waals surface area contributed by atoms with Crippen molar-refractivity contribution in [1.29, 1.82) is 0 Å². The Morgan fingerprint density at radius 1 is 1.44 bits per heavy atom. The predicted molar refractivity (Wildman–Crippen MR) is 76.8 cm³/mol. The molecule has 1 aliphatic heterocycles. The van der Waals surface area contributed by atoms with E-state index in [1.807, 2.05) is 38.1 Å². The molecule has 0 unspecified atom stereocenters. The molecule has 0 spiro atoms. The number of nitrogens with zero attached hydrogens (tertiary/aromatic N) is 1. The lowest BCUT2D eigenvalue weighted by atomic mass is 9.96. The van der Waals surface area contributed by atoms with Crippen LogP contribution in [-0.2, 0) is 4.79 Å².